The van der Waals surface area contributed by atoms with Gasteiger partial charge in [0.25, 0.3) is 11.8 Å². The molecule has 0 saturated carbocycles. The highest BCUT2D eigenvalue weighted by molar-refractivity contribution is 6.03. The fourth-order valence-electron chi connectivity index (χ4n) is 9.53. The number of carbonyl (C=O) groups is 10. The topological polar surface area (TPSA) is 286 Å². The highest BCUT2D eigenvalue weighted by Crippen LogP contribution is 2.15. The van der Waals surface area contributed by atoms with E-state index in [-0.39, 0.29) is 102 Å². The van der Waals surface area contributed by atoms with Crippen LogP contribution < -0.4 is 31.9 Å². The molecule has 7 aromatic carbocycles. The van der Waals surface area contributed by atoms with Crippen molar-refractivity contribution in [2.75, 3.05) is 52.4 Å². The molecule has 0 bridgehead atoms. The highest BCUT2D eigenvalue weighted by atomic mass is 19.1. The molecule has 0 saturated heterocycles. The van der Waals surface area contributed by atoms with Crippen molar-refractivity contribution in [3.05, 3.63) is 250 Å². The number of hydrogen-bond acceptors (Lipinski definition) is 14. The fourth-order valence-corrected chi connectivity index (χ4v) is 9.53. The lowest BCUT2D eigenvalue weighted by Crippen LogP contribution is -2.50. The Hall–Kier alpha value is -11.3. The average molecular weight is 1320 g/mol. The number of carbonyl (C=O) groups excluding carboxylic acids is 10. The van der Waals surface area contributed by atoms with Crippen molar-refractivity contribution < 1.29 is 75.7 Å². The van der Waals surface area contributed by atoms with Gasteiger partial charge in [-0.05, 0) is 114 Å². The van der Waals surface area contributed by atoms with Crippen LogP contribution in [0.25, 0.3) is 0 Å². The minimum atomic E-state index is -1.33. The van der Waals surface area contributed by atoms with Crippen molar-refractivity contribution in [2.45, 2.75) is 77.0 Å². The predicted octanol–water partition coefficient (Wildman–Crippen LogP) is 7.44. The molecule has 0 radical (unpaired) electrons. The van der Waals surface area contributed by atoms with Gasteiger partial charge < -0.3 is 60.6 Å². The van der Waals surface area contributed by atoms with Crippen molar-refractivity contribution in [1.82, 2.24) is 41.7 Å². The van der Waals surface area contributed by atoms with Gasteiger partial charge in [-0.3, -0.25) is 28.8 Å². The summed E-state index contributed by atoms with van der Waals surface area (Å²) in [5, 5.41) is 15.9. The second-order valence-corrected chi connectivity index (χ2v) is 22.0. The van der Waals surface area contributed by atoms with Crippen molar-refractivity contribution in [1.29, 1.82) is 0 Å². The molecule has 502 valence electrons. The highest BCUT2D eigenvalue weighted by Gasteiger charge is 2.30. The smallest absolute Gasteiger partial charge is 0.407 e. The number of hydrogen-bond donors (Lipinski definition) is 6. The van der Waals surface area contributed by atoms with Gasteiger partial charge in [-0.2, -0.15) is 0 Å². The summed E-state index contributed by atoms with van der Waals surface area (Å²) < 4.78 is 49.2. The third-order valence-corrected chi connectivity index (χ3v) is 14.6. The minimum absolute atomic E-state index is 0.00844. The molecule has 0 fully saturated rings. The number of rotatable bonds is 36. The van der Waals surface area contributed by atoms with Crippen LogP contribution in [0.5, 0.6) is 0 Å². The molecule has 96 heavy (non-hydrogen) atoms. The average Bonchev–Trinajstić information content (AvgIpc) is 1.26. The summed E-state index contributed by atoms with van der Waals surface area (Å²) in [6, 6.07) is 49.1. The van der Waals surface area contributed by atoms with Crippen LogP contribution >= 0.6 is 0 Å². The zero-order chi connectivity index (χ0) is 68.3. The van der Waals surface area contributed by atoms with Crippen molar-refractivity contribution >= 4 is 59.6 Å². The number of alkyl carbamates (subject to hydrolysis) is 2. The Kier molecular flexibility index (Phi) is 29.5. The maximum Gasteiger partial charge on any atom is 0.407 e. The molecule has 22 nitrogen and oxygen atoms in total. The first-order chi connectivity index (χ1) is 46.5. The zero-order valence-electron chi connectivity index (χ0n) is 52.7. The Bertz CT molecular complexity index is 3440. The molecule has 2 atom stereocenters. The Balaban J connectivity index is 1.08. The van der Waals surface area contributed by atoms with Gasteiger partial charge in [-0.25, -0.2) is 28.0 Å². The second kappa shape index (κ2) is 39.3. The van der Waals surface area contributed by atoms with E-state index in [2.05, 4.69) is 31.9 Å². The van der Waals surface area contributed by atoms with Gasteiger partial charge >= 0.3 is 24.1 Å². The first-order valence-corrected chi connectivity index (χ1v) is 31.1. The van der Waals surface area contributed by atoms with Gasteiger partial charge in [-0.1, -0.05) is 152 Å². The molecule has 0 aliphatic rings. The second-order valence-electron chi connectivity index (χ2n) is 22.0. The molecule has 0 aliphatic carbocycles. The monoisotopic (exact) mass is 1310 g/mol. The molecule has 0 aromatic heterocycles. The van der Waals surface area contributed by atoms with Gasteiger partial charge in [0.2, 0.25) is 23.6 Å². The molecule has 7 aromatic rings. The quantitative estimate of drug-likeness (QED) is 0.0127. The summed E-state index contributed by atoms with van der Waals surface area (Å²) >= 11 is 0. The Morgan fingerprint density at radius 3 is 1.01 bits per heavy atom. The SMILES string of the molecule is O=C(CN(CC(=O)N[C@@H](CCCNC(=O)OCc1ccccc1)C(=O)OCc1ccccc1)C(=O)c1cccc(C(=O)N(CC(=O)NCCc2ccc(F)cc2)CC(=O)N[C@@H](CCCNC(=O)OCc2ccccc2)C(=O)OCc2ccccc2)c1)NCCc1ccc(F)cc1. The molecular formula is C72H76F2N8O14. The lowest BCUT2D eigenvalue weighted by Gasteiger charge is -2.25. The van der Waals surface area contributed by atoms with Crippen LogP contribution in [0, 0.1) is 11.6 Å². The van der Waals surface area contributed by atoms with E-state index in [0.717, 1.165) is 27.0 Å². The van der Waals surface area contributed by atoms with Crippen molar-refractivity contribution in [2.24, 2.45) is 0 Å². The maximum absolute atomic E-state index is 14.8. The van der Waals surface area contributed by atoms with Gasteiger partial charge in [0, 0.05) is 37.3 Å². The van der Waals surface area contributed by atoms with Crippen molar-refractivity contribution in [3.8, 4) is 0 Å². The lowest BCUT2D eigenvalue weighted by atomic mass is 10.1. The summed E-state index contributed by atoms with van der Waals surface area (Å²) in [6.07, 6.45) is -0.765. The standard InChI is InChI=1S/C72H76F2N8O14/c73-59-32-28-51(29-33-59)36-40-75-63(83)43-81(45-65(85)79-61(69(89)93-47-53-16-5-1-6-17-53)26-14-38-77-71(91)95-49-55-20-9-3-10-21-55)67(87)57-24-13-25-58(42-57)68(88)82(44-64(84)76-41-37-52-30-34-60(74)35-31-52)46-66(86)80-62(70(90)94-48-54-18-7-2-8-19-54)27-15-39-78-72(92)96-50-56-22-11-4-12-23-56/h1-13,16-25,28-35,42,61-62H,14-15,26-27,36-41,43-50H2,(H,75,83)(H,76,84)(H,77,91)(H,78,92)(H,79,85)(H,80,86)/t61-,62-/m0/s1. The van der Waals surface area contributed by atoms with E-state index in [1.807, 2.05) is 12.1 Å². The van der Waals surface area contributed by atoms with E-state index in [1.54, 1.807) is 133 Å². The van der Waals surface area contributed by atoms with E-state index in [4.69, 9.17) is 18.9 Å². The van der Waals surface area contributed by atoms with E-state index in [0.29, 0.717) is 22.3 Å². The molecule has 0 aliphatic heterocycles. The normalized spacial score (nSPS) is 11.3. The van der Waals surface area contributed by atoms with E-state index in [9.17, 15) is 56.7 Å². The number of halogens is 2. The molecule has 24 heteroatoms. The summed E-state index contributed by atoms with van der Waals surface area (Å²) in [7, 11) is 0. The van der Waals surface area contributed by atoms with Crippen LogP contribution in [0.4, 0.5) is 18.4 Å². The molecule has 8 amide bonds. The van der Waals surface area contributed by atoms with Crippen LogP contribution in [0.1, 0.15) is 79.8 Å². The summed E-state index contributed by atoms with van der Waals surface area (Å²) in [4.78, 5) is 140. The largest absolute Gasteiger partial charge is 0.459 e. The predicted molar refractivity (Wildman–Crippen MR) is 349 cm³/mol. The maximum atomic E-state index is 14.8. The number of amides is 8. The Morgan fingerprint density at radius 1 is 0.344 bits per heavy atom. The summed E-state index contributed by atoms with van der Waals surface area (Å²) in [6.45, 7) is -3.31. The summed E-state index contributed by atoms with van der Waals surface area (Å²) in [5.74, 6) is -7.76. The molecule has 7 rings (SSSR count). The van der Waals surface area contributed by atoms with Gasteiger partial charge in [-0.15, -0.1) is 0 Å². The molecule has 6 N–H and O–H groups in total. The van der Waals surface area contributed by atoms with E-state index in [1.165, 1.54) is 42.5 Å². The lowest BCUT2D eigenvalue weighted by molar-refractivity contribution is -0.149. The van der Waals surface area contributed by atoms with Crippen LogP contribution in [0.2, 0.25) is 0 Å². The number of nitrogens with one attached hydrogen (secondary N) is 6. The van der Waals surface area contributed by atoms with Crippen LogP contribution in [0.15, 0.2) is 194 Å². The minimum Gasteiger partial charge on any atom is -0.459 e. The number of benzene rings is 7. The number of esters is 2. The van der Waals surface area contributed by atoms with E-state index < -0.39 is 109 Å². The van der Waals surface area contributed by atoms with Crippen molar-refractivity contribution in [3.63, 3.8) is 0 Å². The van der Waals surface area contributed by atoms with Gasteiger partial charge in [0.05, 0.1) is 0 Å². The first-order valence-electron chi connectivity index (χ1n) is 31.1. The van der Waals surface area contributed by atoms with Crippen LogP contribution in [0.3, 0.4) is 0 Å². The number of ether oxygens (including phenoxy) is 4. The molecule has 0 spiro atoms. The molecule has 0 unspecified atom stereocenters. The third kappa shape index (κ3) is 26.4. The van der Waals surface area contributed by atoms with E-state index >= 15 is 0 Å². The molecular weight excluding hydrogens is 1240 g/mol. The van der Waals surface area contributed by atoms with Crippen LogP contribution in [-0.2, 0) is 87.0 Å². The Morgan fingerprint density at radius 2 is 0.667 bits per heavy atom. The summed E-state index contributed by atoms with van der Waals surface area (Å²) in [5.41, 5.74) is 3.74. The Labute approximate surface area is 554 Å². The molecule has 0 heterocycles. The third-order valence-electron chi connectivity index (χ3n) is 14.6. The first kappa shape index (κ1) is 72.1. The van der Waals surface area contributed by atoms with Crippen LogP contribution in [-0.4, -0.2) is 134 Å². The van der Waals surface area contributed by atoms with Gasteiger partial charge in [0.1, 0.15) is 76.3 Å². The van der Waals surface area contributed by atoms with Gasteiger partial charge in [0.15, 0.2) is 0 Å². The zero-order valence-corrected chi connectivity index (χ0v) is 52.7. The number of nitrogens with zero attached hydrogens (tertiary/aromatic N) is 2. The fraction of sp³-hybridized carbons (Fsp3) is 0.278.